The smallest absolute Gasteiger partial charge is 0.338 e. The van der Waals surface area contributed by atoms with Crippen LogP contribution in [0.4, 0.5) is 0 Å². The van der Waals surface area contributed by atoms with Crippen molar-refractivity contribution < 1.29 is 18.7 Å². The van der Waals surface area contributed by atoms with E-state index >= 15 is 0 Å². The molecule has 0 spiro atoms. The van der Waals surface area contributed by atoms with Crippen molar-refractivity contribution >= 4 is 38.8 Å². The zero-order valence-electron chi connectivity index (χ0n) is 11.3. The molecular formula is C16H10BrNO4. The Balaban J connectivity index is 1.66. The third kappa shape index (κ3) is 3.07. The van der Waals surface area contributed by atoms with E-state index in [-0.39, 0.29) is 12.4 Å². The summed E-state index contributed by atoms with van der Waals surface area (Å²) in [5.41, 5.74) is 1.95. The minimum absolute atomic E-state index is 0.262. The van der Waals surface area contributed by atoms with Crippen LogP contribution in [0.1, 0.15) is 20.7 Å². The van der Waals surface area contributed by atoms with Gasteiger partial charge in [0.05, 0.1) is 5.56 Å². The number of carbonyl (C=O) groups is 2. The molecule has 5 nitrogen and oxygen atoms in total. The summed E-state index contributed by atoms with van der Waals surface area (Å²) in [6.07, 6.45) is 1.30. The topological polar surface area (TPSA) is 69.4 Å². The number of hydrogen-bond donors (Lipinski definition) is 0. The van der Waals surface area contributed by atoms with E-state index in [2.05, 4.69) is 20.9 Å². The lowest BCUT2D eigenvalue weighted by atomic mass is 10.1. The monoisotopic (exact) mass is 359 g/mol. The number of rotatable bonds is 4. The van der Waals surface area contributed by atoms with Gasteiger partial charge in [0.25, 0.3) is 0 Å². The molecule has 0 atom stereocenters. The summed E-state index contributed by atoms with van der Waals surface area (Å²) in [6, 6.07) is 11.6. The lowest BCUT2D eigenvalue weighted by Gasteiger charge is -2.04. The first-order valence-electron chi connectivity index (χ1n) is 6.42. The van der Waals surface area contributed by atoms with Crippen molar-refractivity contribution in [2.24, 2.45) is 0 Å². The molecule has 1 aromatic heterocycles. The average molecular weight is 360 g/mol. The maximum atomic E-state index is 12.0. The molecule has 0 saturated carbocycles. The highest BCUT2D eigenvalue weighted by atomic mass is 79.9. The van der Waals surface area contributed by atoms with Crippen LogP contribution in [0.5, 0.6) is 0 Å². The molecule has 0 unspecified atom stereocenters. The largest absolute Gasteiger partial charge is 0.454 e. The molecule has 0 N–H and O–H groups in total. The van der Waals surface area contributed by atoms with E-state index < -0.39 is 5.97 Å². The van der Waals surface area contributed by atoms with Gasteiger partial charge in [0.1, 0.15) is 5.52 Å². The molecule has 110 valence electrons. The second-order valence-electron chi connectivity index (χ2n) is 4.54. The molecule has 0 aliphatic heterocycles. The number of nitrogens with zero attached hydrogens (tertiary/aromatic N) is 1. The van der Waals surface area contributed by atoms with Gasteiger partial charge in [-0.05, 0) is 30.3 Å². The lowest BCUT2D eigenvalue weighted by Crippen LogP contribution is -2.14. The van der Waals surface area contributed by atoms with Gasteiger partial charge in [-0.3, -0.25) is 4.79 Å². The molecule has 0 aliphatic rings. The Kier molecular flexibility index (Phi) is 4.02. The van der Waals surface area contributed by atoms with Crippen LogP contribution >= 0.6 is 15.9 Å². The number of ketones is 1. The van der Waals surface area contributed by atoms with Gasteiger partial charge in [-0.1, -0.05) is 28.1 Å². The molecule has 1 heterocycles. The number of halogens is 1. The number of oxazole rings is 1. The number of Topliss-reactive ketones (excluding diaryl/α,β-unsaturated/α-hetero) is 1. The molecular weight excluding hydrogens is 350 g/mol. The molecule has 6 heteroatoms. The molecule has 0 aliphatic carbocycles. The number of benzene rings is 2. The second-order valence-corrected chi connectivity index (χ2v) is 5.46. The van der Waals surface area contributed by atoms with Crippen LogP contribution in [0.2, 0.25) is 0 Å². The SMILES string of the molecule is O=C(COC(=O)c1ccc2ncoc2c1)c1ccc(Br)cc1. The van der Waals surface area contributed by atoms with Gasteiger partial charge < -0.3 is 9.15 Å². The van der Waals surface area contributed by atoms with E-state index in [1.807, 2.05) is 0 Å². The maximum Gasteiger partial charge on any atom is 0.338 e. The quantitative estimate of drug-likeness (QED) is 0.525. The molecule has 0 amide bonds. The Hall–Kier alpha value is -2.47. The summed E-state index contributed by atoms with van der Waals surface area (Å²) in [7, 11) is 0. The fourth-order valence-corrected chi connectivity index (χ4v) is 2.18. The maximum absolute atomic E-state index is 12.0. The lowest BCUT2D eigenvalue weighted by molar-refractivity contribution is 0.0475. The molecule has 0 fully saturated rings. The van der Waals surface area contributed by atoms with Gasteiger partial charge in [0.2, 0.25) is 0 Å². The summed E-state index contributed by atoms with van der Waals surface area (Å²) >= 11 is 3.29. The number of esters is 1. The van der Waals surface area contributed by atoms with E-state index in [0.29, 0.717) is 22.2 Å². The Bertz CT molecular complexity index is 839. The minimum Gasteiger partial charge on any atom is -0.454 e. The van der Waals surface area contributed by atoms with Crippen LogP contribution < -0.4 is 0 Å². The fourth-order valence-electron chi connectivity index (χ4n) is 1.92. The Morgan fingerprint density at radius 1 is 1.09 bits per heavy atom. The zero-order valence-corrected chi connectivity index (χ0v) is 12.9. The van der Waals surface area contributed by atoms with Crippen LogP contribution in [0.25, 0.3) is 11.1 Å². The van der Waals surface area contributed by atoms with Gasteiger partial charge in [0, 0.05) is 10.0 Å². The second kappa shape index (κ2) is 6.11. The van der Waals surface area contributed by atoms with Crippen LogP contribution in [0.3, 0.4) is 0 Å². The van der Waals surface area contributed by atoms with Crippen molar-refractivity contribution in [1.29, 1.82) is 0 Å². The predicted molar refractivity (Wildman–Crippen MR) is 82.8 cm³/mol. The highest BCUT2D eigenvalue weighted by molar-refractivity contribution is 9.10. The van der Waals surface area contributed by atoms with E-state index in [4.69, 9.17) is 9.15 Å². The molecule has 0 saturated heterocycles. The van der Waals surface area contributed by atoms with Gasteiger partial charge in [-0.25, -0.2) is 9.78 Å². The first-order chi connectivity index (χ1) is 10.6. The van der Waals surface area contributed by atoms with Crippen LogP contribution in [0.15, 0.2) is 57.7 Å². The van der Waals surface area contributed by atoms with E-state index in [0.717, 1.165) is 4.47 Å². The zero-order chi connectivity index (χ0) is 15.5. The van der Waals surface area contributed by atoms with Gasteiger partial charge in [-0.15, -0.1) is 0 Å². The van der Waals surface area contributed by atoms with Crippen molar-refractivity contribution in [1.82, 2.24) is 4.98 Å². The summed E-state index contributed by atoms with van der Waals surface area (Å²) < 4.78 is 11.0. The molecule has 3 rings (SSSR count). The van der Waals surface area contributed by atoms with Crippen LogP contribution in [0, 0.1) is 0 Å². The highest BCUT2D eigenvalue weighted by Gasteiger charge is 2.13. The predicted octanol–water partition coefficient (Wildman–Crippen LogP) is 3.63. The van der Waals surface area contributed by atoms with Crippen LogP contribution in [-0.4, -0.2) is 23.3 Å². The normalized spacial score (nSPS) is 10.6. The average Bonchev–Trinajstić information content (AvgIpc) is 3.00. The third-order valence-corrected chi connectivity index (χ3v) is 3.60. The van der Waals surface area contributed by atoms with Crippen LogP contribution in [-0.2, 0) is 4.74 Å². The highest BCUT2D eigenvalue weighted by Crippen LogP contribution is 2.15. The van der Waals surface area contributed by atoms with Gasteiger partial charge in [0.15, 0.2) is 24.4 Å². The summed E-state index contributed by atoms with van der Waals surface area (Å²) in [4.78, 5) is 27.9. The number of hydrogen-bond acceptors (Lipinski definition) is 5. The Morgan fingerprint density at radius 2 is 1.82 bits per heavy atom. The molecule has 3 aromatic rings. The Morgan fingerprint density at radius 3 is 2.59 bits per heavy atom. The summed E-state index contributed by atoms with van der Waals surface area (Å²) in [5.74, 6) is -0.842. The van der Waals surface area contributed by atoms with E-state index in [9.17, 15) is 9.59 Å². The molecule has 0 radical (unpaired) electrons. The first-order valence-corrected chi connectivity index (χ1v) is 7.22. The van der Waals surface area contributed by atoms with E-state index in [1.165, 1.54) is 12.5 Å². The first kappa shape index (κ1) is 14.5. The van der Waals surface area contributed by atoms with Crippen molar-refractivity contribution in [2.45, 2.75) is 0 Å². The molecule has 22 heavy (non-hydrogen) atoms. The Labute approximate surface area is 134 Å². The molecule has 0 bridgehead atoms. The number of ether oxygens (including phenoxy) is 1. The minimum atomic E-state index is -0.580. The van der Waals surface area contributed by atoms with Gasteiger partial charge >= 0.3 is 5.97 Å². The summed E-state index contributed by atoms with van der Waals surface area (Å²) in [5, 5.41) is 0. The van der Waals surface area contributed by atoms with Crippen molar-refractivity contribution in [2.75, 3.05) is 6.61 Å². The van der Waals surface area contributed by atoms with Crippen molar-refractivity contribution in [3.63, 3.8) is 0 Å². The third-order valence-electron chi connectivity index (χ3n) is 3.07. The summed E-state index contributed by atoms with van der Waals surface area (Å²) in [6.45, 7) is -0.311. The van der Waals surface area contributed by atoms with Gasteiger partial charge in [-0.2, -0.15) is 0 Å². The standard InChI is InChI=1S/C16H10BrNO4/c17-12-4-1-10(2-5-12)14(19)8-21-16(20)11-3-6-13-15(7-11)22-9-18-13/h1-7,9H,8H2. The van der Waals surface area contributed by atoms with Crippen molar-refractivity contribution in [3.8, 4) is 0 Å². The molecule has 2 aromatic carbocycles. The number of carbonyl (C=O) groups excluding carboxylic acids is 2. The van der Waals surface area contributed by atoms with E-state index in [1.54, 1.807) is 36.4 Å². The fraction of sp³-hybridized carbons (Fsp3) is 0.0625. The number of fused-ring (bicyclic) bond motifs is 1. The van der Waals surface area contributed by atoms with Crippen molar-refractivity contribution in [3.05, 3.63) is 64.5 Å². The number of aromatic nitrogens is 1.